The van der Waals surface area contributed by atoms with Crippen LogP contribution in [0.5, 0.6) is 0 Å². The summed E-state index contributed by atoms with van der Waals surface area (Å²) in [6.45, 7) is 4.12. The minimum Gasteiger partial charge on any atom is -0.370 e. The van der Waals surface area contributed by atoms with Gasteiger partial charge >= 0.3 is 0 Å². The van der Waals surface area contributed by atoms with Crippen LogP contribution in [0, 0.1) is 5.41 Å². The zero-order valence-corrected chi connectivity index (χ0v) is 8.30. The Morgan fingerprint density at radius 3 is 2.62 bits per heavy atom. The minimum absolute atomic E-state index is 0.177. The first-order chi connectivity index (χ1) is 6.06. The van der Waals surface area contributed by atoms with E-state index < -0.39 is 0 Å². The average Bonchev–Trinajstić information content (AvgIpc) is 1.98. The minimum atomic E-state index is -0.177. The van der Waals surface area contributed by atoms with Crippen molar-refractivity contribution in [3.8, 4) is 0 Å². The summed E-state index contributed by atoms with van der Waals surface area (Å²) in [5.41, 5.74) is 10.5. The van der Waals surface area contributed by atoms with E-state index in [9.17, 15) is 0 Å². The van der Waals surface area contributed by atoms with E-state index in [-0.39, 0.29) is 18.0 Å². The van der Waals surface area contributed by atoms with E-state index in [1.54, 1.807) is 0 Å². The third kappa shape index (κ3) is 7.11. The molecule has 1 unspecified atom stereocenters. The Kier molecular flexibility index (Phi) is 5.67. The largest absolute Gasteiger partial charge is 0.370 e. The quantitative estimate of drug-likeness (QED) is 0.376. The van der Waals surface area contributed by atoms with Crippen LogP contribution in [0.2, 0.25) is 0 Å². The normalized spacial score (nSPS) is 13.8. The molecule has 0 aromatic carbocycles. The zero-order valence-electron chi connectivity index (χ0n) is 8.30. The molecule has 0 saturated carbocycles. The summed E-state index contributed by atoms with van der Waals surface area (Å²) < 4.78 is 0. The van der Waals surface area contributed by atoms with E-state index in [1.807, 2.05) is 6.92 Å². The summed E-state index contributed by atoms with van der Waals surface area (Å²) in [7, 11) is 0. The molecule has 0 radical (unpaired) electrons. The first kappa shape index (κ1) is 11.7. The summed E-state index contributed by atoms with van der Waals surface area (Å²) in [5, 5.41) is 9.35. The molecular weight excluding hydrogens is 166 g/mol. The van der Waals surface area contributed by atoms with Crippen LogP contribution in [-0.2, 0) is 0 Å². The molecule has 0 rings (SSSR count). The van der Waals surface area contributed by atoms with Crippen LogP contribution < -0.4 is 16.8 Å². The van der Waals surface area contributed by atoms with Gasteiger partial charge in [0.25, 0.3) is 0 Å². The van der Waals surface area contributed by atoms with E-state index in [0.29, 0.717) is 0 Å². The molecule has 0 aliphatic rings. The van der Waals surface area contributed by atoms with E-state index in [4.69, 9.17) is 16.9 Å². The predicted octanol–water partition coefficient (Wildman–Crippen LogP) is 0.363. The smallest absolute Gasteiger partial charge is 0.195 e. The molecular formula is C8H19N5. The number of nitrogens with two attached hydrogens (primary N) is 2. The highest BCUT2D eigenvalue weighted by atomic mass is 15.2. The van der Waals surface area contributed by atoms with Gasteiger partial charge in [0.2, 0.25) is 0 Å². The molecule has 0 aliphatic carbocycles. The highest BCUT2D eigenvalue weighted by Crippen LogP contribution is 2.02. The van der Waals surface area contributed by atoms with Crippen molar-refractivity contribution in [3.05, 3.63) is 0 Å². The van der Waals surface area contributed by atoms with Crippen molar-refractivity contribution < 1.29 is 0 Å². The highest BCUT2D eigenvalue weighted by molar-refractivity contribution is 5.95. The molecule has 6 N–H and O–H groups in total. The maximum atomic E-state index is 6.91. The first-order valence-electron chi connectivity index (χ1n) is 4.50. The molecule has 0 heterocycles. The van der Waals surface area contributed by atoms with Gasteiger partial charge in [-0.25, -0.2) is 0 Å². The van der Waals surface area contributed by atoms with Crippen molar-refractivity contribution in [3.63, 3.8) is 0 Å². The highest BCUT2D eigenvalue weighted by Gasteiger charge is 1.99. The number of guanidine groups is 2. The molecule has 0 fully saturated rings. The van der Waals surface area contributed by atoms with Crippen molar-refractivity contribution in [2.75, 3.05) is 0 Å². The molecule has 0 spiro atoms. The van der Waals surface area contributed by atoms with Gasteiger partial charge in [0, 0.05) is 0 Å². The molecule has 0 aromatic rings. The maximum absolute atomic E-state index is 6.91. The molecule has 0 amide bonds. The van der Waals surface area contributed by atoms with Gasteiger partial charge in [-0.05, 0) is 13.3 Å². The fourth-order valence-corrected chi connectivity index (χ4v) is 0.972. The molecule has 76 valence electrons. The third-order valence-electron chi connectivity index (χ3n) is 1.60. The molecule has 0 aromatic heterocycles. The van der Waals surface area contributed by atoms with Crippen LogP contribution in [0.1, 0.15) is 33.1 Å². The van der Waals surface area contributed by atoms with E-state index >= 15 is 0 Å². The molecule has 5 heteroatoms. The topological polar surface area (TPSA) is 100 Å². The molecule has 1 atom stereocenters. The summed E-state index contributed by atoms with van der Waals surface area (Å²) in [4.78, 5) is 4.12. The Hall–Kier alpha value is -1.26. The number of rotatable bonds is 4. The number of hydrogen-bond donors (Lipinski definition) is 4. The zero-order chi connectivity index (χ0) is 10.3. The molecule has 0 saturated heterocycles. The van der Waals surface area contributed by atoms with Gasteiger partial charge in [-0.2, -0.15) is 0 Å². The Morgan fingerprint density at radius 1 is 1.54 bits per heavy atom. The number of aliphatic imine (C=N–C) groups is 1. The van der Waals surface area contributed by atoms with Gasteiger partial charge in [0.05, 0.1) is 6.04 Å². The molecule has 5 nitrogen and oxygen atoms in total. The fourth-order valence-electron chi connectivity index (χ4n) is 0.972. The second-order valence-corrected chi connectivity index (χ2v) is 3.04. The van der Waals surface area contributed by atoms with Gasteiger partial charge in [-0.1, -0.05) is 19.8 Å². The van der Waals surface area contributed by atoms with Crippen molar-refractivity contribution in [1.29, 1.82) is 5.41 Å². The lowest BCUT2D eigenvalue weighted by molar-refractivity contribution is 0.616. The van der Waals surface area contributed by atoms with Crippen molar-refractivity contribution in [2.45, 2.75) is 39.2 Å². The van der Waals surface area contributed by atoms with Gasteiger partial charge in [-0.15, -0.1) is 0 Å². The first-order valence-corrected chi connectivity index (χ1v) is 4.50. The van der Waals surface area contributed by atoms with Crippen LogP contribution in [0.4, 0.5) is 0 Å². The van der Waals surface area contributed by atoms with Crippen molar-refractivity contribution in [1.82, 2.24) is 5.32 Å². The number of unbranched alkanes of at least 4 members (excludes halogenated alkanes) is 1. The van der Waals surface area contributed by atoms with Crippen LogP contribution in [0.25, 0.3) is 0 Å². The molecule has 0 bridgehead atoms. The standard InChI is InChI=1S/C8H19N5/c1-3-4-5-6(2)12-8(11)13-7(9)10/h6H,3-5H2,1-2H3,(H6,9,10,11,12,13). The Balaban J connectivity index is 3.83. The summed E-state index contributed by atoms with van der Waals surface area (Å²) in [6, 6.07) is 0.187. The van der Waals surface area contributed by atoms with Gasteiger partial charge in [0.1, 0.15) is 0 Å². The summed E-state index contributed by atoms with van der Waals surface area (Å²) in [5.74, 6) is 0.0417. The van der Waals surface area contributed by atoms with Gasteiger partial charge in [-0.3, -0.25) is 15.7 Å². The molecule has 0 aliphatic heterocycles. The predicted molar refractivity (Wildman–Crippen MR) is 55.7 cm³/mol. The monoisotopic (exact) mass is 185 g/mol. The second-order valence-electron chi connectivity index (χ2n) is 3.04. The number of hydrogen-bond acceptors (Lipinski definition) is 2. The average molecular weight is 185 g/mol. The Morgan fingerprint density at radius 2 is 2.15 bits per heavy atom. The molecule has 13 heavy (non-hydrogen) atoms. The van der Waals surface area contributed by atoms with Crippen molar-refractivity contribution in [2.24, 2.45) is 16.5 Å². The summed E-state index contributed by atoms with van der Waals surface area (Å²) >= 11 is 0. The lowest BCUT2D eigenvalue weighted by Crippen LogP contribution is -2.41. The lowest BCUT2D eigenvalue weighted by Gasteiger charge is -2.07. The van der Waals surface area contributed by atoms with Crippen LogP contribution in [0.3, 0.4) is 0 Å². The number of nitrogens with zero attached hydrogens (tertiary/aromatic N) is 1. The summed E-state index contributed by atoms with van der Waals surface area (Å²) in [6.07, 6.45) is 3.30. The van der Waals surface area contributed by atoms with E-state index in [1.165, 1.54) is 0 Å². The van der Waals surface area contributed by atoms with E-state index in [2.05, 4.69) is 17.2 Å². The number of nitrogens with one attached hydrogen (secondary N) is 2. The van der Waals surface area contributed by atoms with E-state index in [0.717, 1.165) is 19.3 Å². The lowest BCUT2D eigenvalue weighted by atomic mass is 10.1. The van der Waals surface area contributed by atoms with Gasteiger partial charge in [0.15, 0.2) is 11.9 Å². The Labute approximate surface area is 79.1 Å². The van der Waals surface area contributed by atoms with Crippen LogP contribution in [0.15, 0.2) is 4.99 Å². The maximum Gasteiger partial charge on any atom is 0.195 e. The third-order valence-corrected chi connectivity index (χ3v) is 1.60. The van der Waals surface area contributed by atoms with Crippen molar-refractivity contribution >= 4 is 11.9 Å². The fraction of sp³-hybridized carbons (Fsp3) is 0.750. The van der Waals surface area contributed by atoms with Crippen LogP contribution >= 0.6 is 0 Å². The Bertz CT molecular complexity index is 187. The van der Waals surface area contributed by atoms with Gasteiger partial charge < -0.3 is 11.5 Å². The SMILES string of the molecule is CCCCC(C)N=C(N)NC(=N)N. The second kappa shape index (κ2) is 6.28. The van der Waals surface area contributed by atoms with Crippen LogP contribution in [-0.4, -0.2) is 18.0 Å².